The van der Waals surface area contributed by atoms with E-state index in [0.717, 1.165) is 11.3 Å². The van der Waals surface area contributed by atoms with Crippen LogP contribution in [0.5, 0.6) is 5.75 Å². The van der Waals surface area contributed by atoms with Gasteiger partial charge >= 0.3 is 0 Å². The Kier molecular flexibility index (Phi) is 4.70. The highest BCUT2D eigenvalue weighted by Gasteiger charge is 2.03. The van der Waals surface area contributed by atoms with Crippen molar-refractivity contribution in [2.45, 2.75) is 13.1 Å². The average Bonchev–Trinajstić information content (AvgIpc) is 2.48. The lowest BCUT2D eigenvalue weighted by Gasteiger charge is -2.08. The number of nitrogens with zero attached hydrogens (tertiary/aromatic N) is 1. The van der Waals surface area contributed by atoms with Crippen LogP contribution in [0.1, 0.15) is 16.7 Å². The zero-order valence-corrected chi connectivity index (χ0v) is 11.2. The second-order valence-electron chi connectivity index (χ2n) is 4.37. The molecule has 0 spiro atoms. The van der Waals surface area contributed by atoms with Gasteiger partial charge in [-0.25, -0.2) is 4.39 Å². The molecule has 0 saturated carbocycles. The molecule has 0 amide bonds. The number of benzene rings is 2. The van der Waals surface area contributed by atoms with E-state index in [-0.39, 0.29) is 5.82 Å². The van der Waals surface area contributed by atoms with Gasteiger partial charge in [0.2, 0.25) is 0 Å². The molecule has 4 heteroatoms. The van der Waals surface area contributed by atoms with Crippen LogP contribution in [0.2, 0.25) is 0 Å². The van der Waals surface area contributed by atoms with Crippen LogP contribution in [0, 0.1) is 17.1 Å². The van der Waals surface area contributed by atoms with Gasteiger partial charge in [-0.3, -0.25) is 0 Å². The van der Waals surface area contributed by atoms with Gasteiger partial charge < -0.3 is 10.1 Å². The molecule has 2 rings (SSSR count). The molecule has 0 aliphatic carbocycles. The summed E-state index contributed by atoms with van der Waals surface area (Å²) in [5.41, 5.74) is 2.22. The Labute approximate surface area is 117 Å². The van der Waals surface area contributed by atoms with Crippen molar-refractivity contribution in [2.24, 2.45) is 0 Å². The van der Waals surface area contributed by atoms with E-state index in [1.165, 1.54) is 18.2 Å². The van der Waals surface area contributed by atoms with Crippen LogP contribution in [0.3, 0.4) is 0 Å². The molecule has 0 heterocycles. The van der Waals surface area contributed by atoms with Crippen molar-refractivity contribution in [1.82, 2.24) is 5.32 Å². The largest absolute Gasteiger partial charge is 0.497 e. The van der Waals surface area contributed by atoms with Gasteiger partial charge in [0.1, 0.15) is 11.6 Å². The quantitative estimate of drug-likeness (QED) is 0.908. The number of hydrogen-bond donors (Lipinski definition) is 1. The number of nitrogens with one attached hydrogen (secondary N) is 1. The Morgan fingerprint density at radius 3 is 2.80 bits per heavy atom. The van der Waals surface area contributed by atoms with E-state index in [0.29, 0.717) is 24.2 Å². The van der Waals surface area contributed by atoms with Crippen LogP contribution in [-0.4, -0.2) is 7.11 Å². The molecular weight excluding hydrogens is 255 g/mol. The van der Waals surface area contributed by atoms with Crippen molar-refractivity contribution < 1.29 is 9.13 Å². The van der Waals surface area contributed by atoms with Gasteiger partial charge in [0, 0.05) is 13.1 Å². The molecule has 0 aromatic heterocycles. The molecule has 0 fully saturated rings. The Morgan fingerprint density at radius 2 is 2.05 bits per heavy atom. The molecule has 0 aliphatic heterocycles. The standard InChI is InChI=1S/C16H15FN2O/c1-20-16-4-2-3-12(7-16)10-19-11-14-8-15(17)6-5-13(14)9-18/h2-8,19H,10-11H2,1H3. The summed E-state index contributed by atoms with van der Waals surface area (Å²) in [6, 6.07) is 13.9. The molecular formula is C16H15FN2O. The summed E-state index contributed by atoms with van der Waals surface area (Å²) in [5, 5.41) is 12.2. The zero-order chi connectivity index (χ0) is 14.4. The third-order valence-corrected chi connectivity index (χ3v) is 2.97. The van der Waals surface area contributed by atoms with Gasteiger partial charge in [0.15, 0.2) is 0 Å². The van der Waals surface area contributed by atoms with Crippen molar-refractivity contribution >= 4 is 0 Å². The molecule has 20 heavy (non-hydrogen) atoms. The smallest absolute Gasteiger partial charge is 0.123 e. The molecule has 2 aromatic carbocycles. The number of nitriles is 1. The molecule has 0 atom stereocenters. The van der Waals surface area contributed by atoms with E-state index in [1.54, 1.807) is 7.11 Å². The second-order valence-corrected chi connectivity index (χ2v) is 4.37. The number of ether oxygens (including phenoxy) is 1. The lowest BCUT2D eigenvalue weighted by atomic mass is 10.1. The fourth-order valence-corrected chi connectivity index (χ4v) is 1.94. The number of halogens is 1. The summed E-state index contributed by atoms with van der Waals surface area (Å²) in [6.45, 7) is 1.07. The van der Waals surface area contributed by atoms with Crippen molar-refractivity contribution in [3.63, 3.8) is 0 Å². The zero-order valence-electron chi connectivity index (χ0n) is 11.2. The number of methoxy groups -OCH3 is 1. The van der Waals surface area contributed by atoms with Gasteiger partial charge in [0.25, 0.3) is 0 Å². The van der Waals surface area contributed by atoms with Gasteiger partial charge in [-0.05, 0) is 41.5 Å². The van der Waals surface area contributed by atoms with E-state index in [2.05, 4.69) is 11.4 Å². The van der Waals surface area contributed by atoms with Crippen LogP contribution in [0.4, 0.5) is 4.39 Å². The van der Waals surface area contributed by atoms with E-state index in [1.807, 2.05) is 24.3 Å². The molecule has 0 saturated heterocycles. The predicted molar refractivity (Wildman–Crippen MR) is 74.7 cm³/mol. The highest BCUT2D eigenvalue weighted by atomic mass is 19.1. The topological polar surface area (TPSA) is 45.0 Å². The summed E-state index contributed by atoms with van der Waals surface area (Å²) in [5.74, 6) is 0.468. The van der Waals surface area contributed by atoms with E-state index in [4.69, 9.17) is 10.00 Å². The minimum atomic E-state index is -0.331. The number of hydrogen-bond acceptors (Lipinski definition) is 3. The lowest BCUT2D eigenvalue weighted by Crippen LogP contribution is -2.13. The molecule has 102 valence electrons. The monoisotopic (exact) mass is 270 g/mol. The minimum Gasteiger partial charge on any atom is -0.497 e. The molecule has 1 N–H and O–H groups in total. The summed E-state index contributed by atoms with van der Waals surface area (Å²) in [4.78, 5) is 0. The van der Waals surface area contributed by atoms with Gasteiger partial charge in [-0.1, -0.05) is 12.1 Å². The van der Waals surface area contributed by atoms with Gasteiger partial charge in [-0.2, -0.15) is 5.26 Å². The first kappa shape index (κ1) is 14.0. The Hall–Kier alpha value is -2.38. The molecule has 0 aliphatic rings. The third kappa shape index (κ3) is 3.56. The van der Waals surface area contributed by atoms with E-state index in [9.17, 15) is 4.39 Å². The first-order valence-electron chi connectivity index (χ1n) is 6.25. The molecule has 0 unspecified atom stereocenters. The predicted octanol–water partition coefficient (Wildman–Crippen LogP) is 3.00. The van der Waals surface area contributed by atoms with Crippen LogP contribution in [-0.2, 0) is 13.1 Å². The van der Waals surface area contributed by atoms with Crippen LogP contribution >= 0.6 is 0 Å². The van der Waals surface area contributed by atoms with Gasteiger partial charge in [0.05, 0.1) is 18.7 Å². The van der Waals surface area contributed by atoms with E-state index < -0.39 is 0 Å². The van der Waals surface area contributed by atoms with E-state index >= 15 is 0 Å². The first-order valence-corrected chi connectivity index (χ1v) is 6.25. The van der Waals surface area contributed by atoms with Gasteiger partial charge in [-0.15, -0.1) is 0 Å². The fourth-order valence-electron chi connectivity index (χ4n) is 1.94. The van der Waals surface area contributed by atoms with Crippen molar-refractivity contribution in [3.05, 3.63) is 65.0 Å². The van der Waals surface area contributed by atoms with Crippen molar-refractivity contribution in [1.29, 1.82) is 5.26 Å². The average molecular weight is 270 g/mol. The molecule has 3 nitrogen and oxygen atoms in total. The van der Waals surface area contributed by atoms with Crippen LogP contribution in [0.15, 0.2) is 42.5 Å². The third-order valence-electron chi connectivity index (χ3n) is 2.97. The lowest BCUT2D eigenvalue weighted by molar-refractivity contribution is 0.414. The minimum absolute atomic E-state index is 0.331. The second kappa shape index (κ2) is 6.69. The highest BCUT2D eigenvalue weighted by molar-refractivity contribution is 5.37. The summed E-state index contributed by atoms with van der Waals surface area (Å²) in [7, 11) is 1.62. The highest BCUT2D eigenvalue weighted by Crippen LogP contribution is 2.13. The maximum absolute atomic E-state index is 13.2. The summed E-state index contributed by atoms with van der Waals surface area (Å²) in [6.07, 6.45) is 0. The molecule has 2 aromatic rings. The molecule has 0 radical (unpaired) electrons. The first-order chi connectivity index (χ1) is 9.72. The Balaban J connectivity index is 1.99. The Morgan fingerprint density at radius 1 is 1.20 bits per heavy atom. The van der Waals surface area contributed by atoms with Crippen molar-refractivity contribution in [2.75, 3.05) is 7.11 Å². The Bertz CT molecular complexity index is 635. The summed E-state index contributed by atoms with van der Waals surface area (Å²) >= 11 is 0. The molecule has 0 bridgehead atoms. The fraction of sp³-hybridized carbons (Fsp3) is 0.188. The SMILES string of the molecule is COc1cccc(CNCc2cc(F)ccc2C#N)c1. The maximum Gasteiger partial charge on any atom is 0.123 e. The maximum atomic E-state index is 13.2. The van der Waals surface area contributed by atoms with Crippen molar-refractivity contribution in [3.8, 4) is 11.8 Å². The van der Waals surface area contributed by atoms with Crippen LogP contribution in [0.25, 0.3) is 0 Å². The summed E-state index contributed by atoms with van der Waals surface area (Å²) < 4.78 is 18.3. The normalized spacial score (nSPS) is 10.1. The van der Waals surface area contributed by atoms with Crippen LogP contribution < -0.4 is 10.1 Å². The number of rotatable bonds is 5.